The largest absolute Gasteiger partial charge is 0.438 e. The molecule has 0 aliphatic carbocycles. The Balaban J connectivity index is 2.13. The maximum atomic E-state index is 12.7. The normalized spacial score (nSPS) is 11.3. The lowest BCUT2D eigenvalue weighted by Crippen LogP contribution is -2.13. The Morgan fingerprint density at radius 2 is 1.67 bits per heavy atom. The number of hydrogen-bond donors (Lipinski definition) is 0. The number of aromatic nitrogens is 2. The SMILES string of the molecule is CC(C)(C)c1cnc(Oc2ccc(F)cc2)cn1. The molecule has 1 aromatic carbocycles. The van der Waals surface area contributed by atoms with Crippen LogP contribution in [0.5, 0.6) is 11.6 Å². The second kappa shape index (κ2) is 4.72. The fourth-order valence-electron chi connectivity index (χ4n) is 1.38. The maximum absolute atomic E-state index is 12.7. The zero-order valence-electron chi connectivity index (χ0n) is 10.6. The zero-order valence-corrected chi connectivity index (χ0v) is 10.6. The van der Waals surface area contributed by atoms with E-state index in [-0.39, 0.29) is 11.2 Å². The van der Waals surface area contributed by atoms with Crippen LogP contribution in [0.4, 0.5) is 4.39 Å². The lowest BCUT2D eigenvalue weighted by Gasteiger charge is -2.16. The van der Waals surface area contributed by atoms with Gasteiger partial charge in [-0.25, -0.2) is 9.37 Å². The highest BCUT2D eigenvalue weighted by Gasteiger charge is 2.15. The highest BCUT2D eigenvalue weighted by atomic mass is 19.1. The van der Waals surface area contributed by atoms with Gasteiger partial charge in [-0.2, -0.15) is 0 Å². The van der Waals surface area contributed by atoms with Crippen LogP contribution in [0.3, 0.4) is 0 Å². The van der Waals surface area contributed by atoms with Gasteiger partial charge in [0.25, 0.3) is 0 Å². The predicted octanol–water partition coefficient (Wildman–Crippen LogP) is 3.71. The summed E-state index contributed by atoms with van der Waals surface area (Å²) in [5.41, 5.74) is 0.857. The quantitative estimate of drug-likeness (QED) is 0.810. The summed E-state index contributed by atoms with van der Waals surface area (Å²) in [6.07, 6.45) is 3.27. The van der Waals surface area contributed by atoms with Crippen molar-refractivity contribution in [3.8, 4) is 11.6 Å². The van der Waals surface area contributed by atoms with E-state index in [9.17, 15) is 4.39 Å². The van der Waals surface area contributed by atoms with Crippen LogP contribution < -0.4 is 4.74 Å². The van der Waals surface area contributed by atoms with Crippen LogP contribution in [0, 0.1) is 5.82 Å². The molecule has 2 rings (SSSR count). The van der Waals surface area contributed by atoms with Gasteiger partial charge in [-0.05, 0) is 24.3 Å². The smallest absolute Gasteiger partial charge is 0.237 e. The van der Waals surface area contributed by atoms with Crippen LogP contribution in [0.2, 0.25) is 0 Å². The molecule has 0 N–H and O–H groups in total. The second-order valence-electron chi connectivity index (χ2n) is 5.05. The summed E-state index contributed by atoms with van der Waals surface area (Å²) < 4.78 is 18.2. The molecule has 0 spiro atoms. The molecule has 94 valence electrons. The number of benzene rings is 1. The fourth-order valence-corrected chi connectivity index (χ4v) is 1.38. The summed E-state index contributed by atoms with van der Waals surface area (Å²) in [5.74, 6) is 0.639. The van der Waals surface area contributed by atoms with Gasteiger partial charge in [0.15, 0.2) is 0 Å². The molecule has 0 unspecified atom stereocenters. The highest BCUT2D eigenvalue weighted by Crippen LogP contribution is 2.22. The zero-order chi connectivity index (χ0) is 13.2. The van der Waals surface area contributed by atoms with Crippen LogP contribution >= 0.6 is 0 Å². The van der Waals surface area contributed by atoms with E-state index in [1.165, 1.54) is 12.1 Å². The number of ether oxygens (including phenoxy) is 1. The molecule has 0 aliphatic heterocycles. The van der Waals surface area contributed by atoms with Crippen molar-refractivity contribution < 1.29 is 9.13 Å². The summed E-state index contributed by atoms with van der Waals surface area (Å²) in [4.78, 5) is 8.49. The third kappa shape index (κ3) is 3.03. The molecule has 3 nitrogen and oxygen atoms in total. The summed E-state index contributed by atoms with van der Waals surface area (Å²) >= 11 is 0. The van der Waals surface area contributed by atoms with Gasteiger partial charge < -0.3 is 4.74 Å². The minimum Gasteiger partial charge on any atom is -0.438 e. The molecule has 0 fully saturated rings. The Hall–Kier alpha value is -1.97. The van der Waals surface area contributed by atoms with Gasteiger partial charge in [0.1, 0.15) is 11.6 Å². The molecule has 0 aliphatic rings. The molecule has 0 radical (unpaired) electrons. The summed E-state index contributed by atoms with van der Waals surface area (Å²) in [6.45, 7) is 6.20. The lowest BCUT2D eigenvalue weighted by atomic mass is 9.93. The molecule has 0 saturated carbocycles. The molecule has 2 aromatic rings. The van der Waals surface area contributed by atoms with Crippen LogP contribution in [0.15, 0.2) is 36.7 Å². The van der Waals surface area contributed by atoms with Crippen molar-refractivity contribution in [3.63, 3.8) is 0 Å². The van der Waals surface area contributed by atoms with Crippen molar-refractivity contribution in [2.75, 3.05) is 0 Å². The van der Waals surface area contributed by atoms with Crippen molar-refractivity contribution in [2.24, 2.45) is 0 Å². The van der Waals surface area contributed by atoms with Gasteiger partial charge in [0.2, 0.25) is 5.88 Å². The van der Waals surface area contributed by atoms with E-state index in [2.05, 4.69) is 30.7 Å². The van der Waals surface area contributed by atoms with Crippen LogP contribution in [0.25, 0.3) is 0 Å². The summed E-state index contributed by atoms with van der Waals surface area (Å²) in [5, 5.41) is 0. The fraction of sp³-hybridized carbons (Fsp3) is 0.286. The van der Waals surface area contributed by atoms with Gasteiger partial charge in [0.05, 0.1) is 18.1 Å². The molecule has 4 heteroatoms. The number of nitrogens with zero attached hydrogens (tertiary/aromatic N) is 2. The van der Waals surface area contributed by atoms with Crippen molar-refractivity contribution in [2.45, 2.75) is 26.2 Å². The minimum absolute atomic E-state index is 0.0403. The monoisotopic (exact) mass is 246 g/mol. The van der Waals surface area contributed by atoms with Crippen molar-refractivity contribution >= 4 is 0 Å². The Morgan fingerprint density at radius 1 is 1.00 bits per heavy atom. The molecule has 18 heavy (non-hydrogen) atoms. The lowest BCUT2D eigenvalue weighted by molar-refractivity contribution is 0.454. The first-order chi connectivity index (χ1) is 8.45. The van der Waals surface area contributed by atoms with Gasteiger partial charge in [-0.1, -0.05) is 20.8 Å². The van der Waals surface area contributed by atoms with Crippen molar-refractivity contribution in [1.29, 1.82) is 0 Å². The highest BCUT2D eigenvalue weighted by molar-refractivity contribution is 5.26. The molecule has 0 atom stereocenters. The van der Waals surface area contributed by atoms with Gasteiger partial charge >= 0.3 is 0 Å². The molecule has 1 aromatic heterocycles. The Labute approximate surface area is 106 Å². The van der Waals surface area contributed by atoms with E-state index < -0.39 is 0 Å². The van der Waals surface area contributed by atoms with Gasteiger partial charge in [0, 0.05) is 5.41 Å². The van der Waals surface area contributed by atoms with E-state index in [1.807, 2.05) is 0 Å². The Kier molecular flexibility index (Phi) is 3.28. The molecular weight excluding hydrogens is 231 g/mol. The number of halogens is 1. The van der Waals surface area contributed by atoms with E-state index in [0.29, 0.717) is 11.6 Å². The minimum atomic E-state index is -0.295. The van der Waals surface area contributed by atoms with Crippen LogP contribution in [-0.2, 0) is 5.41 Å². The Bertz CT molecular complexity index is 515. The maximum Gasteiger partial charge on any atom is 0.237 e. The first-order valence-electron chi connectivity index (χ1n) is 5.71. The van der Waals surface area contributed by atoms with Crippen LogP contribution in [-0.4, -0.2) is 9.97 Å². The molecule has 1 heterocycles. The van der Waals surface area contributed by atoms with Crippen LogP contribution in [0.1, 0.15) is 26.5 Å². The van der Waals surface area contributed by atoms with E-state index in [0.717, 1.165) is 5.69 Å². The first-order valence-corrected chi connectivity index (χ1v) is 5.71. The molecule has 0 saturated heterocycles. The first kappa shape index (κ1) is 12.5. The third-order valence-electron chi connectivity index (χ3n) is 2.43. The van der Waals surface area contributed by atoms with E-state index in [4.69, 9.17) is 4.74 Å². The number of hydrogen-bond acceptors (Lipinski definition) is 3. The Morgan fingerprint density at radius 3 is 2.17 bits per heavy atom. The summed E-state index contributed by atoms with van der Waals surface area (Å²) in [7, 11) is 0. The molecule has 0 bridgehead atoms. The van der Waals surface area contributed by atoms with E-state index in [1.54, 1.807) is 24.5 Å². The summed E-state index contributed by atoms with van der Waals surface area (Å²) in [6, 6.07) is 5.78. The van der Waals surface area contributed by atoms with Crippen molar-refractivity contribution in [3.05, 3.63) is 48.2 Å². The third-order valence-corrected chi connectivity index (χ3v) is 2.43. The standard InChI is InChI=1S/C14H15FN2O/c1-14(2,3)12-8-17-13(9-16-12)18-11-6-4-10(15)5-7-11/h4-9H,1-3H3. The molecular formula is C14H15FN2O. The topological polar surface area (TPSA) is 35.0 Å². The average molecular weight is 246 g/mol. The van der Waals surface area contributed by atoms with Crippen molar-refractivity contribution in [1.82, 2.24) is 9.97 Å². The van der Waals surface area contributed by atoms with Gasteiger partial charge in [-0.15, -0.1) is 0 Å². The average Bonchev–Trinajstić information content (AvgIpc) is 2.32. The molecule has 0 amide bonds. The van der Waals surface area contributed by atoms with E-state index >= 15 is 0 Å². The van der Waals surface area contributed by atoms with Gasteiger partial charge in [-0.3, -0.25) is 4.98 Å². The predicted molar refractivity (Wildman–Crippen MR) is 67.2 cm³/mol. The second-order valence-corrected chi connectivity index (χ2v) is 5.05. The number of rotatable bonds is 2.